The molecule has 0 amide bonds. The van der Waals surface area contributed by atoms with Crippen molar-refractivity contribution in [2.24, 2.45) is 5.92 Å². The Hall–Kier alpha value is -0.380. The number of nitrogens with one attached hydrogen (secondary N) is 2. The molecule has 0 radical (unpaired) electrons. The number of halogens is 1. The van der Waals surface area contributed by atoms with E-state index in [2.05, 4.69) is 57.8 Å². The predicted octanol–water partition coefficient (Wildman–Crippen LogP) is 3.10. The minimum absolute atomic E-state index is 0.425. The standard InChI is InChI=1S/C14H21BrN2/c1-11(13-5-2-6-14(15)8-13)17-10-12-4-3-7-16-9-12/h2,5-6,8,11-12,16-17H,3-4,7,9-10H2,1H3. The zero-order valence-corrected chi connectivity index (χ0v) is 12.0. The van der Waals surface area contributed by atoms with Crippen LogP contribution in [0.2, 0.25) is 0 Å². The molecule has 0 aromatic heterocycles. The molecule has 0 spiro atoms. The summed E-state index contributed by atoms with van der Waals surface area (Å²) in [5, 5.41) is 7.09. The molecule has 0 aliphatic carbocycles. The lowest BCUT2D eigenvalue weighted by molar-refractivity contribution is 0.348. The zero-order chi connectivity index (χ0) is 12.1. The topological polar surface area (TPSA) is 24.1 Å². The molecule has 94 valence electrons. The average Bonchev–Trinajstić information content (AvgIpc) is 2.37. The number of rotatable bonds is 4. The fourth-order valence-electron chi connectivity index (χ4n) is 2.34. The van der Waals surface area contributed by atoms with Crippen molar-refractivity contribution in [1.82, 2.24) is 10.6 Å². The van der Waals surface area contributed by atoms with Crippen LogP contribution in [0.15, 0.2) is 28.7 Å². The summed E-state index contributed by atoms with van der Waals surface area (Å²) < 4.78 is 1.16. The fraction of sp³-hybridized carbons (Fsp3) is 0.571. The first-order chi connectivity index (χ1) is 8.25. The summed E-state index contributed by atoms with van der Waals surface area (Å²) in [7, 11) is 0. The molecule has 2 rings (SSSR count). The van der Waals surface area contributed by atoms with Crippen molar-refractivity contribution in [1.29, 1.82) is 0 Å². The first kappa shape index (κ1) is 13.1. The van der Waals surface area contributed by atoms with Crippen molar-refractivity contribution in [3.8, 4) is 0 Å². The number of hydrogen-bond donors (Lipinski definition) is 2. The van der Waals surface area contributed by atoms with Gasteiger partial charge in [-0.15, -0.1) is 0 Å². The van der Waals surface area contributed by atoms with E-state index in [1.54, 1.807) is 0 Å². The Morgan fingerprint density at radius 3 is 3.12 bits per heavy atom. The van der Waals surface area contributed by atoms with Gasteiger partial charge in [0.15, 0.2) is 0 Å². The van der Waals surface area contributed by atoms with E-state index in [0.717, 1.165) is 23.5 Å². The normalized spacial score (nSPS) is 22.4. The fourth-order valence-corrected chi connectivity index (χ4v) is 2.75. The third kappa shape index (κ3) is 4.09. The quantitative estimate of drug-likeness (QED) is 0.892. The second-order valence-electron chi connectivity index (χ2n) is 4.90. The van der Waals surface area contributed by atoms with Gasteiger partial charge in [-0.25, -0.2) is 0 Å². The number of hydrogen-bond acceptors (Lipinski definition) is 2. The van der Waals surface area contributed by atoms with Gasteiger partial charge in [0, 0.05) is 10.5 Å². The lowest BCUT2D eigenvalue weighted by Gasteiger charge is -2.25. The first-order valence-corrected chi connectivity index (χ1v) is 7.24. The third-order valence-electron chi connectivity index (χ3n) is 3.46. The van der Waals surface area contributed by atoms with Crippen molar-refractivity contribution in [3.63, 3.8) is 0 Å². The van der Waals surface area contributed by atoms with Crippen LogP contribution < -0.4 is 10.6 Å². The monoisotopic (exact) mass is 296 g/mol. The van der Waals surface area contributed by atoms with Gasteiger partial charge in [-0.05, 0) is 63.0 Å². The molecule has 1 saturated heterocycles. The SMILES string of the molecule is CC(NCC1CCCNC1)c1cccc(Br)c1. The summed E-state index contributed by atoms with van der Waals surface area (Å²) in [6, 6.07) is 8.97. The van der Waals surface area contributed by atoms with Crippen LogP contribution in [-0.4, -0.2) is 19.6 Å². The molecule has 1 aliphatic heterocycles. The molecule has 2 atom stereocenters. The molecule has 2 N–H and O–H groups in total. The molecule has 1 heterocycles. The van der Waals surface area contributed by atoms with Crippen molar-refractivity contribution >= 4 is 15.9 Å². The first-order valence-electron chi connectivity index (χ1n) is 6.45. The second kappa shape index (κ2) is 6.53. The predicted molar refractivity (Wildman–Crippen MR) is 76.2 cm³/mol. The van der Waals surface area contributed by atoms with Gasteiger partial charge in [0.2, 0.25) is 0 Å². The lowest BCUT2D eigenvalue weighted by atomic mass is 9.99. The van der Waals surface area contributed by atoms with Crippen LogP contribution in [0.4, 0.5) is 0 Å². The van der Waals surface area contributed by atoms with Gasteiger partial charge in [-0.2, -0.15) is 0 Å². The maximum absolute atomic E-state index is 3.64. The molecule has 1 aliphatic rings. The maximum Gasteiger partial charge on any atom is 0.0292 e. The van der Waals surface area contributed by atoms with E-state index in [-0.39, 0.29) is 0 Å². The summed E-state index contributed by atoms with van der Waals surface area (Å²) in [6.45, 7) is 5.70. The summed E-state index contributed by atoms with van der Waals surface area (Å²) >= 11 is 3.52. The van der Waals surface area contributed by atoms with E-state index < -0.39 is 0 Å². The van der Waals surface area contributed by atoms with Gasteiger partial charge >= 0.3 is 0 Å². The van der Waals surface area contributed by atoms with Crippen LogP contribution in [0.25, 0.3) is 0 Å². The van der Waals surface area contributed by atoms with E-state index in [1.165, 1.54) is 24.9 Å². The molecule has 1 aromatic rings. The summed E-state index contributed by atoms with van der Waals surface area (Å²) in [5.74, 6) is 0.790. The lowest BCUT2D eigenvalue weighted by Crippen LogP contribution is -2.36. The van der Waals surface area contributed by atoms with Gasteiger partial charge in [0.05, 0.1) is 0 Å². The Morgan fingerprint density at radius 1 is 1.53 bits per heavy atom. The van der Waals surface area contributed by atoms with Crippen LogP contribution in [0.5, 0.6) is 0 Å². The Morgan fingerprint density at radius 2 is 2.41 bits per heavy atom. The van der Waals surface area contributed by atoms with Crippen molar-refractivity contribution in [2.45, 2.75) is 25.8 Å². The Balaban J connectivity index is 1.82. The molecule has 17 heavy (non-hydrogen) atoms. The largest absolute Gasteiger partial charge is 0.316 e. The smallest absolute Gasteiger partial charge is 0.0292 e. The molecule has 2 nitrogen and oxygen atoms in total. The molecule has 0 bridgehead atoms. The van der Waals surface area contributed by atoms with E-state index in [1.807, 2.05) is 0 Å². The molecule has 3 heteroatoms. The van der Waals surface area contributed by atoms with Crippen molar-refractivity contribution < 1.29 is 0 Å². The van der Waals surface area contributed by atoms with Crippen LogP contribution in [0.3, 0.4) is 0 Å². The average molecular weight is 297 g/mol. The summed E-state index contributed by atoms with van der Waals surface area (Å²) in [6.07, 6.45) is 2.67. The minimum atomic E-state index is 0.425. The van der Waals surface area contributed by atoms with Gasteiger partial charge in [-0.1, -0.05) is 28.1 Å². The van der Waals surface area contributed by atoms with Crippen molar-refractivity contribution in [2.75, 3.05) is 19.6 Å². The van der Waals surface area contributed by atoms with Crippen LogP contribution in [-0.2, 0) is 0 Å². The third-order valence-corrected chi connectivity index (χ3v) is 3.95. The molecule has 1 aromatic carbocycles. The highest BCUT2D eigenvalue weighted by molar-refractivity contribution is 9.10. The van der Waals surface area contributed by atoms with Crippen LogP contribution >= 0.6 is 15.9 Å². The molecular formula is C14H21BrN2. The Kier molecular flexibility index (Phi) is 5.01. The highest BCUT2D eigenvalue weighted by Gasteiger charge is 2.14. The van der Waals surface area contributed by atoms with E-state index in [9.17, 15) is 0 Å². The Labute approximate surface area is 112 Å². The summed E-state index contributed by atoms with van der Waals surface area (Å²) in [5.41, 5.74) is 1.35. The van der Waals surface area contributed by atoms with Gasteiger partial charge in [-0.3, -0.25) is 0 Å². The van der Waals surface area contributed by atoms with E-state index in [0.29, 0.717) is 6.04 Å². The van der Waals surface area contributed by atoms with E-state index in [4.69, 9.17) is 0 Å². The molecule has 2 unspecified atom stereocenters. The van der Waals surface area contributed by atoms with Gasteiger partial charge in [0.1, 0.15) is 0 Å². The second-order valence-corrected chi connectivity index (χ2v) is 5.81. The number of piperidine rings is 1. The summed E-state index contributed by atoms with van der Waals surface area (Å²) in [4.78, 5) is 0. The molecule has 1 fully saturated rings. The molecule has 0 saturated carbocycles. The highest BCUT2D eigenvalue weighted by Crippen LogP contribution is 2.18. The zero-order valence-electron chi connectivity index (χ0n) is 10.4. The number of benzene rings is 1. The van der Waals surface area contributed by atoms with Gasteiger partial charge in [0.25, 0.3) is 0 Å². The van der Waals surface area contributed by atoms with Crippen molar-refractivity contribution in [3.05, 3.63) is 34.3 Å². The van der Waals surface area contributed by atoms with Crippen LogP contribution in [0.1, 0.15) is 31.4 Å². The maximum atomic E-state index is 3.64. The molecular weight excluding hydrogens is 276 g/mol. The minimum Gasteiger partial charge on any atom is -0.316 e. The highest BCUT2D eigenvalue weighted by atomic mass is 79.9. The Bertz CT molecular complexity index is 348. The van der Waals surface area contributed by atoms with Gasteiger partial charge < -0.3 is 10.6 Å². The van der Waals surface area contributed by atoms with Crippen LogP contribution in [0, 0.1) is 5.92 Å². The van der Waals surface area contributed by atoms with E-state index >= 15 is 0 Å².